The van der Waals surface area contributed by atoms with E-state index in [0.717, 1.165) is 0 Å². The van der Waals surface area contributed by atoms with Gasteiger partial charge in [-0.15, -0.1) is 0 Å². The van der Waals surface area contributed by atoms with Gasteiger partial charge in [0.2, 0.25) is 0 Å². The van der Waals surface area contributed by atoms with Crippen LogP contribution in [0.2, 0.25) is 39.5 Å². The van der Waals surface area contributed by atoms with Crippen molar-refractivity contribution in [1.29, 1.82) is 0 Å². The molecule has 4 saturated heterocycles. The van der Waals surface area contributed by atoms with Gasteiger partial charge in [-0.25, -0.2) is 0 Å². The summed E-state index contributed by atoms with van der Waals surface area (Å²) in [6.45, 7) is 0. The van der Waals surface area contributed by atoms with Crippen LogP contribution in [0, 0.1) is 0 Å². The fourth-order valence-corrected chi connectivity index (χ4v) is 96.4. The average molecular weight is 340 g/mol. The molecule has 0 bridgehead atoms. The van der Waals surface area contributed by atoms with E-state index in [-0.39, 0.29) is 0 Å². The van der Waals surface area contributed by atoms with Gasteiger partial charge in [-0.2, -0.15) is 0 Å². The third-order valence-electron chi connectivity index (χ3n) is 6.83. The van der Waals surface area contributed by atoms with Crippen LogP contribution in [0.25, 0.3) is 0 Å². The molecule has 1 spiro atoms. The molecule has 4 heterocycles. The molecule has 64 valence electrons. The molecule has 0 aromatic rings. The zero-order chi connectivity index (χ0) is 6.99. The van der Waals surface area contributed by atoms with Crippen molar-refractivity contribution in [2.75, 3.05) is 0 Å². The predicted octanol–water partition coefficient (Wildman–Crippen LogP) is 4.37. The SMILES string of the molecule is [Cl][Ir]1234([CH2][CH2]1)([CH2][CH2]2)([CH2][CH2]3)[CH2][CH2]4. The molecule has 0 radical (unpaired) electrons. The van der Waals surface area contributed by atoms with E-state index < -0.39 is 8.24 Å². The second-order valence-electron chi connectivity index (χ2n) is 6.71. The van der Waals surface area contributed by atoms with Crippen molar-refractivity contribution >= 4 is 9.58 Å². The molecule has 10 heavy (non-hydrogen) atoms. The van der Waals surface area contributed by atoms with E-state index in [0.29, 0.717) is 0 Å². The van der Waals surface area contributed by atoms with E-state index in [1.54, 1.807) is 0 Å². The molecule has 4 rings (SSSR count). The maximum atomic E-state index is 7.40. The summed E-state index contributed by atoms with van der Waals surface area (Å²) >= 11 is 0. The third kappa shape index (κ3) is 0.152. The number of hydrogen-bond acceptors (Lipinski definition) is 0. The number of halogens is 1. The van der Waals surface area contributed by atoms with Crippen LogP contribution in [0.4, 0.5) is 0 Å². The summed E-state index contributed by atoms with van der Waals surface area (Å²) in [6, 6.07) is 0. The molecule has 0 nitrogen and oxygen atoms in total. The molecule has 0 N–H and O–H groups in total. The van der Waals surface area contributed by atoms with E-state index in [9.17, 15) is 0 Å². The van der Waals surface area contributed by atoms with Crippen molar-refractivity contribution in [2.24, 2.45) is 0 Å². The van der Waals surface area contributed by atoms with Crippen LogP contribution < -0.4 is 0 Å². The molecule has 0 saturated carbocycles. The van der Waals surface area contributed by atoms with Crippen LogP contribution >= 0.6 is 9.58 Å². The Morgan fingerprint density at radius 1 is 0.600 bits per heavy atom. The molecule has 0 aromatic heterocycles. The van der Waals surface area contributed by atoms with Gasteiger partial charge in [0.05, 0.1) is 0 Å². The first-order chi connectivity index (χ1) is 4.22. The van der Waals surface area contributed by atoms with Gasteiger partial charge in [-0.05, 0) is 0 Å². The Hall–Kier alpha value is 0.939. The van der Waals surface area contributed by atoms with E-state index in [1.165, 1.54) is 39.5 Å². The van der Waals surface area contributed by atoms with E-state index >= 15 is 0 Å². The van der Waals surface area contributed by atoms with Gasteiger partial charge in [-0.1, -0.05) is 0 Å². The maximum absolute atomic E-state index is 7.40. The quantitative estimate of drug-likeness (QED) is 0.614. The van der Waals surface area contributed by atoms with Gasteiger partial charge in [0.25, 0.3) is 0 Å². The van der Waals surface area contributed by atoms with Crippen LogP contribution in [-0.2, 0) is 8.24 Å². The summed E-state index contributed by atoms with van der Waals surface area (Å²) in [7, 11) is 4.10. The zero-order valence-corrected chi connectivity index (χ0v) is 9.52. The Balaban J connectivity index is 2.59. The molecule has 0 aromatic carbocycles. The molecule has 0 aliphatic carbocycles. The van der Waals surface area contributed by atoms with Crippen LogP contribution in [0.5, 0.6) is 0 Å². The Labute approximate surface area is 57.3 Å². The van der Waals surface area contributed by atoms with Gasteiger partial charge in [-0.3, -0.25) is 0 Å². The zero-order valence-electron chi connectivity index (χ0n) is 6.37. The number of hydrogen-bond donors (Lipinski definition) is 0. The van der Waals surface area contributed by atoms with Crippen molar-refractivity contribution < 1.29 is 8.24 Å². The van der Waals surface area contributed by atoms with Gasteiger partial charge in [0, 0.05) is 0 Å². The summed E-state index contributed by atoms with van der Waals surface area (Å²) < 4.78 is 0. The normalized spacial score (nSPS) is 84.3. The first kappa shape index (κ1) is 5.56. The Morgan fingerprint density at radius 2 is 0.800 bits per heavy atom. The van der Waals surface area contributed by atoms with Crippen LogP contribution in [0.3, 0.4) is 0 Å². The monoisotopic (exact) mass is 340 g/mol. The minimum atomic E-state index is -3.31. The van der Waals surface area contributed by atoms with Gasteiger partial charge >= 0.3 is 57.3 Å². The van der Waals surface area contributed by atoms with E-state index in [2.05, 4.69) is 0 Å². The first-order valence-corrected chi connectivity index (χ1v) is 20.5. The Morgan fingerprint density at radius 3 is 0.800 bits per heavy atom. The Bertz CT molecular complexity index is 307. The summed E-state index contributed by atoms with van der Waals surface area (Å²) in [6.07, 6.45) is 0. The van der Waals surface area contributed by atoms with E-state index in [4.69, 9.17) is 9.58 Å². The summed E-state index contributed by atoms with van der Waals surface area (Å²) in [5.74, 6) is 0. The van der Waals surface area contributed by atoms with Crippen molar-refractivity contribution in [3.8, 4) is 0 Å². The molecule has 4 fully saturated rings. The van der Waals surface area contributed by atoms with Crippen molar-refractivity contribution in [3.05, 3.63) is 0 Å². The van der Waals surface area contributed by atoms with Crippen molar-refractivity contribution in [2.45, 2.75) is 39.5 Å². The van der Waals surface area contributed by atoms with Crippen molar-refractivity contribution in [1.82, 2.24) is 0 Å². The molecule has 4 aliphatic heterocycles. The topological polar surface area (TPSA) is 0 Å². The predicted molar refractivity (Wildman–Crippen MR) is 44.3 cm³/mol. The van der Waals surface area contributed by atoms with Gasteiger partial charge in [0.15, 0.2) is 0 Å². The molecule has 0 atom stereocenters. The first-order valence-electron chi connectivity index (χ1n) is 4.01. The number of rotatable bonds is 0. The summed E-state index contributed by atoms with van der Waals surface area (Å²) in [5, 5.41) is 0. The summed E-state index contributed by atoms with van der Waals surface area (Å²) in [4.78, 5) is 12.2. The van der Waals surface area contributed by atoms with Crippen LogP contribution in [-0.4, -0.2) is 0 Å². The van der Waals surface area contributed by atoms with Crippen LogP contribution in [0.15, 0.2) is 0 Å². The molecule has 0 unspecified atom stereocenters. The average Bonchev–Trinajstić information content (AvgIpc) is 2.88. The molecule has 0 amide bonds. The fraction of sp³-hybridized carbons (Fsp3) is 1.00. The third-order valence-corrected chi connectivity index (χ3v) is 64.1. The standard InChI is InChI=1S/4C2H4.ClH.Ir/c4*1-2;;/h4*1-2H2;1H;/q;;;;;+1/p-1. The second-order valence-corrected chi connectivity index (χ2v) is 66.6. The molecular formula is C8H16ClIr. The van der Waals surface area contributed by atoms with Crippen LogP contribution in [0.1, 0.15) is 0 Å². The van der Waals surface area contributed by atoms with E-state index in [1.807, 2.05) is 0 Å². The summed E-state index contributed by atoms with van der Waals surface area (Å²) in [5.41, 5.74) is 0. The van der Waals surface area contributed by atoms with Gasteiger partial charge < -0.3 is 0 Å². The fourth-order valence-electron chi connectivity index (χ4n) is 3.03. The molecule has 4 aliphatic rings. The Kier molecular flexibility index (Phi) is 0.219. The molecule has 2 heteroatoms. The van der Waals surface area contributed by atoms with Gasteiger partial charge in [0.1, 0.15) is 0 Å². The minimum absolute atomic E-state index is 1.53. The van der Waals surface area contributed by atoms with Crippen molar-refractivity contribution in [3.63, 3.8) is 0 Å². The molecular weight excluding hydrogens is 324 g/mol. The second kappa shape index (κ2) is 0.393.